The highest BCUT2D eigenvalue weighted by molar-refractivity contribution is 7.14. The van der Waals surface area contributed by atoms with Crippen molar-refractivity contribution in [2.75, 3.05) is 6.54 Å². The Bertz CT molecular complexity index is 618. The number of nitrogens with zero attached hydrogens (tertiary/aromatic N) is 3. The molecule has 20 heavy (non-hydrogen) atoms. The van der Waals surface area contributed by atoms with Gasteiger partial charge in [0.2, 0.25) is 4.80 Å². The van der Waals surface area contributed by atoms with Crippen molar-refractivity contribution < 1.29 is 0 Å². The van der Waals surface area contributed by atoms with Crippen molar-refractivity contribution in [2.24, 2.45) is 10.1 Å². The third-order valence-electron chi connectivity index (χ3n) is 2.92. The molecular weight excluding hydrogens is 286 g/mol. The molecule has 0 amide bonds. The van der Waals surface area contributed by atoms with Gasteiger partial charge in [-0.1, -0.05) is 19.4 Å². The van der Waals surface area contributed by atoms with E-state index in [1.165, 1.54) is 23.4 Å². The Morgan fingerprint density at radius 1 is 1.30 bits per heavy atom. The van der Waals surface area contributed by atoms with Gasteiger partial charge in [0.05, 0.1) is 10.6 Å². The predicted octanol–water partition coefficient (Wildman–Crippen LogP) is 4.61. The van der Waals surface area contributed by atoms with E-state index in [2.05, 4.69) is 48.7 Å². The third kappa shape index (κ3) is 3.67. The van der Waals surface area contributed by atoms with Crippen LogP contribution in [-0.4, -0.2) is 16.9 Å². The van der Waals surface area contributed by atoms with Crippen molar-refractivity contribution in [3.8, 4) is 10.6 Å². The SMILES string of the molecule is CCCCC(C)=Nn1c(-c2cccs2)csc1=NCC. The number of rotatable bonds is 6. The number of aromatic nitrogens is 1. The lowest BCUT2D eigenvalue weighted by molar-refractivity contribution is 0.793. The van der Waals surface area contributed by atoms with Gasteiger partial charge in [0, 0.05) is 17.6 Å². The van der Waals surface area contributed by atoms with Crippen molar-refractivity contribution in [3.05, 3.63) is 27.7 Å². The smallest absolute Gasteiger partial charge is 0.206 e. The molecule has 0 aliphatic rings. The number of hydrogen-bond donors (Lipinski definition) is 0. The molecule has 0 unspecified atom stereocenters. The second-order valence-electron chi connectivity index (χ2n) is 4.61. The topological polar surface area (TPSA) is 29.6 Å². The van der Waals surface area contributed by atoms with Crippen molar-refractivity contribution in [1.82, 2.24) is 4.68 Å². The van der Waals surface area contributed by atoms with Crippen LogP contribution in [0.2, 0.25) is 0 Å². The normalized spacial score (nSPS) is 13.2. The minimum atomic E-state index is 0.786. The van der Waals surface area contributed by atoms with Crippen LogP contribution in [0.25, 0.3) is 10.6 Å². The van der Waals surface area contributed by atoms with E-state index in [4.69, 9.17) is 5.10 Å². The van der Waals surface area contributed by atoms with Gasteiger partial charge in [-0.25, -0.2) is 4.68 Å². The molecule has 2 heterocycles. The Hall–Kier alpha value is -1.20. The summed E-state index contributed by atoms with van der Waals surface area (Å²) >= 11 is 3.40. The summed E-state index contributed by atoms with van der Waals surface area (Å²) in [6, 6.07) is 4.21. The Balaban J connectivity index is 2.43. The molecule has 2 aromatic rings. The minimum absolute atomic E-state index is 0.786. The van der Waals surface area contributed by atoms with Gasteiger partial charge >= 0.3 is 0 Å². The molecule has 0 bridgehead atoms. The molecule has 0 fully saturated rings. The quantitative estimate of drug-likeness (QED) is 0.697. The van der Waals surface area contributed by atoms with Crippen LogP contribution in [0.1, 0.15) is 40.0 Å². The van der Waals surface area contributed by atoms with Crippen LogP contribution >= 0.6 is 22.7 Å². The first-order chi connectivity index (χ1) is 9.76. The van der Waals surface area contributed by atoms with E-state index in [0.717, 1.165) is 23.5 Å². The fraction of sp³-hybridized carbons (Fsp3) is 0.467. The first-order valence-electron chi connectivity index (χ1n) is 7.05. The zero-order valence-corrected chi connectivity index (χ0v) is 13.9. The van der Waals surface area contributed by atoms with Gasteiger partial charge in [-0.15, -0.1) is 22.7 Å². The summed E-state index contributed by atoms with van der Waals surface area (Å²) in [6.45, 7) is 7.16. The molecule has 0 saturated heterocycles. The first-order valence-corrected chi connectivity index (χ1v) is 8.81. The summed E-state index contributed by atoms with van der Waals surface area (Å²) in [5, 5.41) is 9.04. The van der Waals surface area contributed by atoms with Crippen molar-refractivity contribution in [1.29, 1.82) is 0 Å². The van der Waals surface area contributed by atoms with Gasteiger partial charge < -0.3 is 0 Å². The lowest BCUT2D eigenvalue weighted by Gasteiger charge is -2.04. The molecule has 0 aliphatic heterocycles. The molecule has 2 rings (SSSR count). The Labute approximate surface area is 128 Å². The van der Waals surface area contributed by atoms with Gasteiger partial charge in [0.25, 0.3) is 0 Å². The van der Waals surface area contributed by atoms with Crippen LogP contribution in [0.5, 0.6) is 0 Å². The molecule has 0 aliphatic carbocycles. The fourth-order valence-corrected chi connectivity index (χ4v) is 3.58. The van der Waals surface area contributed by atoms with Gasteiger partial charge in [-0.2, -0.15) is 5.10 Å². The number of thiazole rings is 1. The van der Waals surface area contributed by atoms with Crippen LogP contribution in [-0.2, 0) is 0 Å². The zero-order chi connectivity index (χ0) is 14.4. The van der Waals surface area contributed by atoms with Crippen molar-refractivity contribution in [2.45, 2.75) is 40.0 Å². The molecule has 5 heteroatoms. The second-order valence-corrected chi connectivity index (χ2v) is 6.39. The van der Waals surface area contributed by atoms with Crippen LogP contribution in [0.15, 0.2) is 33.0 Å². The summed E-state index contributed by atoms with van der Waals surface area (Å²) in [4.78, 5) is 6.77. The van der Waals surface area contributed by atoms with Crippen LogP contribution in [0.3, 0.4) is 0 Å². The highest BCUT2D eigenvalue weighted by atomic mass is 32.1. The highest BCUT2D eigenvalue weighted by Crippen LogP contribution is 2.25. The van der Waals surface area contributed by atoms with Crippen molar-refractivity contribution in [3.63, 3.8) is 0 Å². The van der Waals surface area contributed by atoms with Gasteiger partial charge in [0.1, 0.15) is 0 Å². The van der Waals surface area contributed by atoms with Crippen molar-refractivity contribution >= 4 is 28.4 Å². The highest BCUT2D eigenvalue weighted by Gasteiger charge is 2.08. The molecule has 0 saturated carbocycles. The minimum Gasteiger partial charge on any atom is -0.258 e. The van der Waals surface area contributed by atoms with Gasteiger partial charge in [0.15, 0.2) is 0 Å². The zero-order valence-electron chi connectivity index (χ0n) is 12.3. The summed E-state index contributed by atoms with van der Waals surface area (Å²) in [7, 11) is 0. The Kier molecular flexibility index (Phi) is 5.73. The lowest BCUT2D eigenvalue weighted by Crippen LogP contribution is -2.13. The molecule has 3 nitrogen and oxygen atoms in total. The van der Waals surface area contributed by atoms with E-state index < -0.39 is 0 Å². The molecule has 0 N–H and O–H groups in total. The van der Waals surface area contributed by atoms with E-state index in [1.807, 2.05) is 4.68 Å². The number of hydrogen-bond acceptors (Lipinski definition) is 4. The largest absolute Gasteiger partial charge is 0.258 e. The summed E-state index contributed by atoms with van der Waals surface area (Å²) in [5.41, 5.74) is 2.31. The van der Waals surface area contributed by atoms with Gasteiger partial charge in [-0.3, -0.25) is 4.99 Å². The molecule has 108 valence electrons. The standard InChI is InChI=1S/C15H21N3S2/c1-4-6-8-12(3)17-18-13(14-9-7-10-19-14)11-20-15(18)16-5-2/h7,9-11H,4-6,8H2,1-3H3. The van der Waals surface area contributed by atoms with Crippen LogP contribution in [0.4, 0.5) is 0 Å². The average molecular weight is 307 g/mol. The predicted molar refractivity (Wildman–Crippen MR) is 89.8 cm³/mol. The molecule has 2 aromatic heterocycles. The van der Waals surface area contributed by atoms with E-state index in [1.54, 1.807) is 22.7 Å². The maximum Gasteiger partial charge on any atom is 0.206 e. The summed E-state index contributed by atoms with van der Waals surface area (Å²) in [5.74, 6) is 0. The Morgan fingerprint density at radius 2 is 2.15 bits per heavy atom. The van der Waals surface area contributed by atoms with Crippen LogP contribution < -0.4 is 4.80 Å². The maximum absolute atomic E-state index is 4.79. The Morgan fingerprint density at radius 3 is 2.80 bits per heavy atom. The molecule has 0 radical (unpaired) electrons. The second kappa shape index (κ2) is 7.55. The van der Waals surface area contributed by atoms with Gasteiger partial charge in [-0.05, 0) is 38.1 Å². The van der Waals surface area contributed by atoms with Crippen LogP contribution in [0, 0.1) is 0 Å². The monoisotopic (exact) mass is 307 g/mol. The lowest BCUT2D eigenvalue weighted by atomic mass is 10.2. The maximum atomic E-state index is 4.79. The molecule has 0 aromatic carbocycles. The van der Waals surface area contributed by atoms with E-state index in [9.17, 15) is 0 Å². The number of unbranched alkanes of at least 4 members (excludes halogenated alkanes) is 1. The molecule has 0 spiro atoms. The molecular formula is C15H21N3S2. The molecule has 0 atom stereocenters. The van der Waals surface area contributed by atoms with E-state index in [0.29, 0.717) is 0 Å². The van der Waals surface area contributed by atoms with E-state index in [-0.39, 0.29) is 0 Å². The average Bonchev–Trinajstić information content (AvgIpc) is 3.07. The summed E-state index contributed by atoms with van der Waals surface area (Å²) < 4.78 is 2.00. The fourth-order valence-electron chi connectivity index (χ4n) is 1.89. The first kappa shape index (κ1) is 15.2. The van der Waals surface area contributed by atoms with E-state index >= 15 is 0 Å². The third-order valence-corrected chi connectivity index (χ3v) is 4.66. The number of thiophene rings is 1. The summed E-state index contributed by atoms with van der Waals surface area (Å²) in [6.07, 6.45) is 3.44.